The predicted molar refractivity (Wildman–Crippen MR) is 91.2 cm³/mol. The molecule has 0 radical (unpaired) electrons. The van der Waals surface area contributed by atoms with Crippen LogP contribution in [0.2, 0.25) is 5.02 Å². The van der Waals surface area contributed by atoms with E-state index in [4.69, 9.17) is 16.9 Å². The van der Waals surface area contributed by atoms with Gasteiger partial charge in [-0.25, -0.2) is 9.97 Å². The molecule has 6 heteroatoms. The van der Waals surface area contributed by atoms with Gasteiger partial charge >= 0.3 is 0 Å². The topological polar surface area (TPSA) is 73.6 Å². The van der Waals surface area contributed by atoms with Gasteiger partial charge in [0.2, 0.25) is 0 Å². The minimum absolute atomic E-state index is 0.585. The predicted octanol–water partition coefficient (Wildman–Crippen LogP) is 4.49. The Bertz CT molecular complexity index is 873. The molecule has 2 N–H and O–H groups in total. The van der Waals surface area contributed by atoms with Crippen molar-refractivity contribution in [2.45, 2.75) is 0 Å². The van der Waals surface area contributed by atoms with Gasteiger partial charge in [0.25, 0.3) is 0 Å². The zero-order valence-corrected chi connectivity index (χ0v) is 12.7. The van der Waals surface area contributed by atoms with E-state index in [9.17, 15) is 0 Å². The summed E-state index contributed by atoms with van der Waals surface area (Å²) in [6.07, 6.45) is 1.46. The molecule has 23 heavy (non-hydrogen) atoms. The molecule has 1 aromatic heterocycles. The highest BCUT2D eigenvalue weighted by molar-refractivity contribution is 6.30. The fraction of sp³-hybridized carbons (Fsp3) is 0. The average Bonchev–Trinajstić information content (AvgIpc) is 2.55. The Kier molecular flexibility index (Phi) is 4.37. The number of hydrogen-bond acceptors (Lipinski definition) is 5. The zero-order chi connectivity index (χ0) is 16.1. The lowest BCUT2D eigenvalue weighted by molar-refractivity contribution is 1.17. The van der Waals surface area contributed by atoms with Gasteiger partial charge in [0.15, 0.2) is 0 Å². The van der Waals surface area contributed by atoms with Crippen molar-refractivity contribution < 1.29 is 0 Å². The third-order valence-electron chi connectivity index (χ3n) is 3.03. The van der Waals surface area contributed by atoms with Gasteiger partial charge in [0.1, 0.15) is 18.0 Å². The molecule has 0 amide bonds. The van der Waals surface area contributed by atoms with Crippen LogP contribution in [0.3, 0.4) is 0 Å². The van der Waals surface area contributed by atoms with Crippen molar-refractivity contribution in [2.75, 3.05) is 10.6 Å². The lowest BCUT2D eigenvalue weighted by atomic mass is 10.2. The van der Waals surface area contributed by atoms with Gasteiger partial charge in [-0.15, -0.1) is 0 Å². The van der Waals surface area contributed by atoms with Crippen LogP contribution in [0.15, 0.2) is 60.9 Å². The van der Waals surface area contributed by atoms with Crippen molar-refractivity contribution in [1.82, 2.24) is 9.97 Å². The van der Waals surface area contributed by atoms with Crippen LogP contribution >= 0.6 is 11.6 Å². The second kappa shape index (κ2) is 6.77. The van der Waals surface area contributed by atoms with E-state index in [2.05, 4.69) is 26.7 Å². The van der Waals surface area contributed by atoms with Gasteiger partial charge in [0, 0.05) is 22.5 Å². The maximum Gasteiger partial charge on any atom is 0.135 e. The van der Waals surface area contributed by atoms with E-state index in [0.717, 1.165) is 11.4 Å². The minimum Gasteiger partial charge on any atom is -0.340 e. The number of nitrogens with zero attached hydrogens (tertiary/aromatic N) is 3. The molecule has 0 spiro atoms. The monoisotopic (exact) mass is 321 g/mol. The van der Waals surface area contributed by atoms with Crippen molar-refractivity contribution >= 4 is 34.6 Å². The van der Waals surface area contributed by atoms with Crippen LogP contribution in [0.1, 0.15) is 5.56 Å². The van der Waals surface area contributed by atoms with Crippen LogP contribution in [0.4, 0.5) is 23.0 Å². The normalized spacial score (nSPS) is 9.91. The Morgan fingerprint density at radius 2 is 1.52 bits per heavy atom. The summed E-state index contributed by atoms with van der Waals surface area (Å²) in [4.78, 5) is 8.36. The first-order chi connectivity index (χ1) is 11.2. The molecule has 0 aliphatic heterocycles. The van der Waals surface area contributed by atoms with Gasteiger partial charge < -0.3 is 10.6 Å². The van der Waals surface area contributed by atoms with E-state index >= 15 is 0 Å². The molecule has 0 fully saturated rings. The molecule has 2 aromatic carbocycles. The first kappa shape index (κ1) is 14.8. The van der Waals surface area contributed by atoms with Crippen LogP contribution in [0.5, 0.6) is 0 Å². The number of anilines is 4. The van der Waals surface area contributed by atoms with Crippen molar-refractivity contribution in [2.24, 2.45) is 0 Å². The summed E-state index contributed by atoms with van der Waals surface area (Å²) in [5, 5.41) is 15.9. The molecule has 1 heterocycles. The number of nitriles is 1. The number of nitrogens with one attached hydrogen (secondary N) is 2. The quantitative estimate of drug-likeness (QED) is 0.740. The molecule has 0 aliphatic carbocycles. The second-order valence-electron chi connectivity index (χ2n) is 4.74. The maximum absolute atomic E-state index is 8.93. The lowest BCUT2D eigenvalue weighted by Crippen LogP contribution is -1.98. The molecular weight excluding hydrogens is 310 g/mol. The Balaban J connectivity index is 1.78. The molecule has 5 nitrogen and oxygen atoms in total. The van der Waals surface area contributed by atoms with Gasteiger partial charge in [-0.1, -0.05) is 23.7 Å². The average molecular weight is 322 g/mol. The number of aromatic nitrogens is 2. The smallest absolute Gasteiger partial charge is 0.135 e. The zero-order valence-electron chi connectivity index (χ0n) is 12.0. The van der Waals surface area contributed by atoms with E-state index in [1.54, 1.807) is 18.2 Å². The molecule has 0 unspecified atom stereocenters. The van der Waals surface area contributed by atoms with E-state index in [-0.39, 0.29) is 0 Å². The highest BCUT2D eigenvalue weighted by Crippen LogP contribution is 2.21. The van der Waals surface area contributed by atoms with E-state index in [1.165, 1.54) is 6.33 Å². The standard InChI is InChI=1S/C17H12ClN5/c18-13-4-2-6-15(8-13)23-17-9-16(20-11-21-17)22-14-5-1-3-12(7-14)10-19/h1-9,11H,(H2,20,21,22,23). The van der Waals surface area contributed by atoms with Gasteiger partial charge in [0.05, 0.1) is 11.6 Å². The Hall–Kier alpha value is -3.10. The summed E-state index contributed by atoms with van der Waals surface area (Å²) >= 11 is 5.97. The van der Waals surface area contributed by atoms with Crippen LogP contribution < -0.4 is 10.6 Å². The van der Waals surface area contributed by atoms with Gasteiger partial charge in [-0.2, -0.15) is 5.26 Å². The fourth-order valence-corrected chi connectivity index (χ4v) is 2.21. The van der Waals surface area contributed by atoms with Crippen LogP contribution in [0, 0.1) is 11.3 Å². The highest BCUT2D eigenvalue weighted by atomic mass is 35.5. The van der Waals surface area contributed by atoms with Crippen molar-refractivity contribution in [3.8, 4) is 6.07 Å². The molecule has 0 saturated carbocycles. The first-order valence-corrected chi connectivity index (χ1v) is 7.22. The van der Waals surface area contributed by atoms with E-state index in [1.807, 2.05) is 36.4 Å². The van der Waals surface area contributed by atoms with Crippen LogP contribution in [-0.2, 0) is 0 Å². The summed E-state index contributed by atoms with van der Waals surface area (Å²) in [5.74, 6) is 1.26. The first-order valence-electron chi connectivity index (χ1n) is 6.85. The molecule has 0 saturated heterocycles. The fourth-order valence-electron chi connectivity index (χ4n) is 2.02. The van der Waals surface area contributed by atoms with Gasteiger partial charge in [-0.05, 0) is 36.4 Å². The third-order valence-corrected chi connectivity index (χ3v) is 3.26. The highest BCUT2D eigenvalue weighted by Gasteiger charge is 2.02. The summed E-state index contributed by atoms with van der Waals surface area (Å²) in [6.45, 7) is 0. The lowest BCUT2D eigenvalue weighted by Gasteiger charge is -2.09. The molecule has 0 atom stereocenters. The third kappa shape index (κ3) is 3.96. The summed E-state index contributed by atoms with van der Waals surface area (Å²) in [6, 6.07) is 18.4. The Morgan fingerprint density at radius 1 is 0.870 bits per heavy atom. The number of hydrogen-bond donors (Lipinski definition) is 2. The van der Waals surface area contributed by atoms with Crippen molar-refractivity contribution in [1.29, 1.82) is 5.26 Å². The SMILES string of the molecule is N#Cc1cccc(Nc2cc(Nc3cccc(Cl)c3)ncn2)c1. The number of rotatable bonds is 4. The van der Waals surface area contributed by atoms with Crippen LogP contribution in [-0.4, -0.2) is 9.97 Å². The molecule has 112 valence electrons. The number of benzene rings is 2. The second-order valence-corrected chi connectivity index (χ2v) is 5.18. The molecule has 0 bridgehead atoms. The summed E-state index contributed by atoms with van der Waals surface area (Å²) in [7, 11) is 0. The number of halogens is 1. The van der Waals surface area contributed by atoms with Crippen molar-refractivity contribution in [3.05, 3.63) is 71.5 Å². The van der Waals surface area contributed by atoms with Gasteiger partial charge in [-0.3, -0.25) is 0 Å². The molecule has 3 rings (SSSR count). The maximum atomic E-state index is 8.93. The molecule has 0 aliphatic rings. The summed E-state index contributed by atoms with van der Waals surface area (Å²) < 4.78 is 0. The largest absolute Gasteiger partial charge is 0.340 e. The molecular formula is C17H12ClN5. The summed E-state index contributed by atoms with van der Waals surface area (Å²) in [5.41, 5.74) is 2.21. The Morgan fingerprint density at radius 3 is 2.17 bits per heavy atom. The Labute approximate surface area is 138 Å². The van der Waals surface area contributed by atoms with Crippen LogP contribution in [0.25, 0.3) is 0 Å². The molecule has 3 aromatic rings. The van der Waals surface area contributed by atoms with E-state index < -0.39 is 0 Å². The van der Waals surface area contributed by atoms with E-state index in [0.29, 0.717) is 22.2 Å². The van der Waals surface area contributed by atoms with Crippen molar-refractivity contribution in [3.63, 3.8) is 0 Å². The minimum atomic E-state index is 0.585.